The van der Waals surface area contributed by atoms with Gasteiger partial charge in [-0.25, -0.2) is 0 Å². The third-order valence-electron chi connectivity index (χ3n) is 2.89. The molecule has 1 rings (SSSR count). The molecule has 0 aliphatic heterocycles. The molecule has 0 aliphatic carbocycles. The molecule has 0 aromatic heterocycles. The van der Waals surface area contributed by atoms with Gasteiger partial charge in [0.15, 0.2) is 0 Å². The summed E-state index contributed by atoms with van der Waals surface area (Å²) in [6.45, 7) is 4.05. The van der Waals surface area contributed by atoms with Gasteiger partial charge in [0.05, 0.1) is 11.7 Å². The lowest BCUT2D eigenvalue weighted by Crippen LogP contribution is -2.23. The van der Waals surface area contributed by atoms with Gasteiger partial charge in [0.2, 0.25) is 0 Å². The van der Waals surface area contributed by atoms with E-state index in [1.165, 1.54) is 0 Å². The molecule has 0 heterocycles. The molecule has 0 saturated heterocycles. The molecule has 1 aromatic carbocycles. The molecule has 0 spiro atoms. The molecule has 4 heteroatoms. The third kappa shape index (κ3) is 4.70. The number of ether oxygens (including phenoxy) is 1. The van der Waals surface area contributed by atoms with E-state index in [2.05, 4.69) is 31.9 Å². The number of aliphatic hydroxyl groups is 1. The molecule has 1 N–H and O–H groups in total. The number of aliphatic hydroxyl groups excluding tert-OH is 1. The molecule has 0 bridgehead atoms. The second kappa shape index (κ2) is 6.32. The van der Waals surface area contributed by atoms with E-state index in [-0.39, 0.29) is 5.60 Å². The number of halogens is 2. The third-order valence-corrected chi connectivity index (χ3v) is 4.10. The van der Waals surface area contributed by atoms with Crippen molar-refractivity contribution < 1.29 is 9.84 Å². The van der Waals surface area contributed by atoms with Crippen molar-refractivity contribution in [3.8, 4) is 0 Å². The van der Waals surface area contributed by atoms with Crippen LogP contribution in [0.1, 0.15) is 38.4 Å². The minimum atomic E-state index is -0.476. The van der Waals surface area contributed by atoms with Crippen LogP contribution in [0.5, 0.6) is 0 Å². The van der Waals surface area contributed by atoms with Gasteiger partial charge in [0, 0.05) is 16.1 Å². The van der Waals surface area contributed by atoms with Gasteiger partial charge >= 0.3 is 0 Å². The van der Waals surface area contributed by atoms with Gasteiger partial charge in [0.25, 0.3) is 0 Å². The molecule has 1 atom stereocenters. The van der Waals surface area contributed by atoms with Gasteiger partial charge in [-0.1, -0.05) is 31.9 Å². The standard InChI is InChI=1S/C13H18Br2O2/c1-13(2,17-3)7-6-12(16)10-8-9(14)4-5-11(10)15/h4-5,8,12,16H,6-7H2,1-3H3. The molecular formula is C13H18Br2O2. The van der Waals surface area contributed by atoms with E-state index in [4.69, 9.17) is 4.74 Å². The summed E-state index contributed by atoms with van der Waals surface area (Å²) in [6, 6.07) is 5.82. The predicted octanol–water partition coefficient (Wildman–Crippen LogP) is 4.45. The number of rotatable bonds is 5. The highest BCUT2D eigenvalue weighted by Crippen LogP contribution is 2.31. The quantitative estimate of drug-likeness (QED) is 0.835. The highest BCUT2D eigenvalue weighted by atomic mass is 79.9. The second-order valence-electron chi connectivity index (χ2n) is 4.68. The summed E-state index contributed by atoms with van der Waals surface area (Å²) in [5.41, 5.74) is 0.714. The first-order valence-electron chi connectivity index (χ1n) is 5.54. The highest BCUT2D eigenvalue weighted by molar-refractivity contribution is 9.11. The Morgan fingerprint density at radius 3 is 2.59 bits per heavy atom. The Morgan fingerprint density at radius 2 is 2.00 bits per heavy atom. The molecule has 0 aliphatic rings. The van der Waals surface area contributed by atoms with Crippen molar-refractivity contribution in [1.82, 2.24) is 0 Å². The first-order chi connectivity index (χ1) is 7.85. The van der Waals surface area contributed by atoms with Crippen LogP contribution in [-0.4, -0.2) is 17.8 Å². The molecule has 96 valence electrons. The molecule has 2 nitrogen and oxygen atoms in total. The molecule has 17 heavy (non-hydrogen) atoms. The molecule has 0 amide bonds. The largest absolute Gasteiger partial charge is 0.388 e. The zero-order valence-corrected chi connectivity index (χ0v) is 13.5. The Kier molecular flexibility index (Phi) is 5.64. The highest BCUT2D eigenvalue weighted by Gasteiger charge is 2.20. The fourth-order valence-corrected chi connectivity index (χ4v) is 2.40. The second-order valence-corrected chi connectivity index (χ2v) is 6.45. The van der Waals surface area contributed by atoms with Crippen molar-refractivity contribution in [2.45, 2.75) is 38.4 Å². The number of methoxy groups -OCH3 is 1. The van der Waals surface area contributed by atoms with Gasteiger partial charge in [-0.15, -0.1) is 0 Å². The maximum absolute atomic E-state index is 10.2. The maximum atomic E-state index is 10.2. The Labute approximate surface area is 120 Å². The summed E-state index contributed by atoms with van der Waals surface area (Å²) in [4.78, 5) is 0. The predicted molar refractivity (Wildman–Crippen MR) is 77.1 cm³/mol. The molecule has 1 unspecified atom stereocenters. The Bertz CT molecular complexity index is 378. The Balaban J connectivity index is 2.70. The Hall–Kier alpha value is 0.1000. The van der Waals surface area contributed by atoms with Gasteiger partial charge in [-0.3, -0.25) is 0 Å². The number of hydrogen-bond acceptors (Lipinski definition) is 2. The zero-order valence-electron chi connectivity index (χ0n) is 10.3. The minimum Gasteiger partial charge on any atom is -0.388 e. The first-order valence-corrected chi connectivity index (χ1v) is 7.12. The van der Waals surface area contributed by atoms with Crippen LogP contribution in [0, 0.1) is 0 Å². The number of benzene rings is 1. The van der Waals surface area contributed by atoms with Gasteiger partial charge in [-0.2, -0.15) is 0 Å². The van der Waals surface area contributed by atoms with Crippen LogP contribution in [0.3, 0.4) is 0 Å². The van der Waals surface area contributed by atoms with E-state index in [0.717, 1.165) is 20.9 Å². The van der Waals surface area contributed by atoms with E-state index < -0.39 is 6.10 Å². The van der Waals surface area contributed by atoms with E-state index in [1.807, 2.05) is 32.0 Å². The van der Waals surface area contributed by atoms with Crippen molar-refractivity contribution in [2.24, 2.45) is 0 Å². The fraction of sp³-hybridized carbons (Fsp3) is 0.538. The SMILES string of the molecule is COC(C)(C)CCC(O)c1cc(Br)ccc1Br. The lowest BCUT2D eigenvalue weighted by atomic mass is 9.97. The van der Waals surface area contributed by atoms with Crippen LogP contribution >= 0.6 is 31.9 Å². The summed E-state index contributed by atoms with van der Waals surface area (Å²) in [7, 11) is 1.70. The van der Waals surface area contributed by atoms with Crippen molar-refractivity contribution in [3.63, 3.8) is 0 Å². The maximum Gasteiger partial charge on any atom is 0.0802 e. The topological polar surface area (TPSA) is 29.5 Å². The van der Waals surface area contributed by atoms with Crippen LogP contribution in [0.15, 0.2) is 27.1 Å². The van der Waals surface area contributed by atoms with Crippen LogP contribution in [-0.2, 0) is 4.74 Å². The fourth-order valence-electron chi connectivity index (χ4n) is 1.51. The lowest BCUT2D eigenvalue weighted by molar-refractivity contribution is 0.00272. The van der Waals surface area contributed by atoms with Crippen molar-refractivity contribution in [3.05, 3.63) is 32.7 Å². The average Bonchev–Trinajstić information content (AvgIpc) is 2.29. The summed E-state index contributed by atoms with van der Waals surface area (Å²) in [5, 5.41) is 10.2. The lowest BCUT2D eigenvalue weighted by Gasteiger charge is -2.24. The summed E-state index contributed by atoms with van der Waals surface area (Å²) in [5.74, 6) is 0. The summed E-state index contributed by atoms with van der Waals surface area (Å²) >= 11 is 6.87. The molecular weight excluding hydrogens is 348 g/mol. The van der Waals surface area contributed by atoms with Gasteiger partial charge in [-0.05, 0) is 50.5 Å². The van der Waals surface area contributed by atoms with E-state index in [1.54, 1.807) is 7.11 Å². The zero-order chi connectivity index (χ0) is 13.1. The van der Waals surface area contributed by atoms with Crippen molar-refractivity contribution in [1.29, 1.82) is 0 Å². The molecule has 0 fully saturated rings. The van der Waals surface area contributed by atoms with E-state index in [9.17, 15) is 5.11 Å². The van der Waals surface area contributed by atoms with E-state index >= 15 is 0 Å². The van der Waals surface area contributed by atoms with Crippen molar-refractivity contribution in [2.75, 3.05) is 7.11 Å². The normalized spacial score (nSPS) is 13.8. The van der Waals surface area contributed by atoms with Crippen LogP contribution in [0.4, 0.5) is 0 Å². The monoisotopic (exact) mass is 364 g/mol. The molecule has 0 radical (unpaired) electrons. The summed E-state index contributed by atoms with van der Waals surface area (Å²) in [6.07, 6.45) is 1.01. The first kappa shape index (κ1) is 15.2. The van der Waals surface area contributed by atoms with E-state index in [0.29, 0.717) is 6.42 Å². The Morgan fingerprint density at radius 1 is 1.35 bits per heavy atom. The van der Waals surface area contributed by atoms with Crippen LogP contribution in [0.25, 0.3) is 0 Å². The van der Waals surface area contributed by atoms with Gasteiger partial charge in [0.1, 0.15) is 0 Å². The van der Waals surface area contributed by atoms with Crippen LogP contribution in [0.2, 0.25) is 0 Å². The number of hydrogen-bond donors (Lipinski definition) is 1. The molecule has 0 saturated carbocycles. The minimum absolute atomic E-state index is 0.195. The summed E-state index contributed by atoms with van der Waals surface area (Å²) < 4.78 is 7.25. The molecule has 1 aromatic rings. The van der Waals surface area contributed by atoms with Crippen LogP contribution < -0.4 is 0 Å². The van der Waals surface area contributed by atoms with Crippen molar-refractivity contribution >= 4 is 31.9 Å². The smallest absolute Gasteiger partial charge is 0.0802 e. The average molecular weight is 366 g/mol. The van der Waals surface area contributed by atoms with Gasteiger partial charge < -0.3 is 9.84 Å².